The minimum Gasteiger partial charge on any atom is -0.330 e. The number of carbonyl (C=O) groups is 1. The van der Waals surface area contributed by atoms with E-state index < -0.39 is 0 Å². The Morgan fingerprint density at radius 1 is 1.75 bits per heavy atom. The number of rotatable bonds is 3. The first-order valence-electron chi connectivity index (χ1n) is 3.88. The highest BCUT2D eigenvalue weighted by Crippen LogP contribution is 2.07. The minimum absolute atomic E-state index is 0.0648. The first-order chi connectivity index (χ1) is 5.66. The summed E-state index contributed by atoms with van der Waals surface area (Å²) in [6.07, 6.45) is 2.07. The van der Waals surface area contributed by atoms with Crippen molar-refractivity contribution in [2.75, 3.05) is 6.54 Å². The topological polar surface area (TPSA) is 60.9 Å². The molecule has 0 radical (unpaired) electrons. The lowest BCUT2D eigenvalue weighted by Crippen LogP contribution is -2.13. The van der Waals surface area contributed by atoms with Gasteiger partial charge in [0.25, 0.3) is 0 Å². The molecular formula is C8H13N3O. The predicted octanol–water partition coefficient (Wildman–Crippen LogP) is 0.260. The van der Waals surface area contributed by atoms with Crippen LogP contribution in [0.2, 0.25) is 0 Å². The van der Waals surface area contributed by atoms with E-state index in [4.69, 9.17) is 5.73 Å². The molecule has 0 aliphatic heterocycles. The highest BCUT2D eigenvalue weighted by molar-refractivity contribution is 5.95. The molecule has 0 aromatic carbocycles. The van der Waals surface area contributed by atoms with Crippen LogP contribution in [0.25, 0.3) is 0 Å². The minimum atomic E-state index is 0.0648. The second-order valence-electron chi connectivity index (χ2n) is 2.76. The highest BCUT2D eigenvalue weighted by Gasteiger charge is 2.12. The predicted molar refractivity (Wildman–Crippen MR) is 45.9 cm³/mol. The van der Waals surface area contributed by atoms with Crippen molar-refractivity contribution in [3.63, 3.8) is 0 Å². The van der Waals surface area contributed by atoms with Crippen LogP contribution in [0.1, 0.15) is 22.5 Å². The third-order valence-electron chi connectivity index (χ3n) is 1.76. The second-order valence-corrected chi connectivity index (χ2v) is 2.76. The molecule has 4 nitrogen and oxygen atoms in total. The van der Waals surface area contributed by atoms with Crippen LogP contribution in [0.15, 0.2) is 6.20 Å². The van der Waals surface area contributed by atoms with E-state index in [1.54, 1.807) is 17.9 Å². The summed E-state index contributed by atoms with van der Waals surface area (Å²) in [5.74, 6) is 0.0648. The number of hydrogen-bond acceptors (Lipinski definition) is 3. The smallest absolute Gasteiger partial charge is 0.182 e. The quantitative estimate of drug-likeness (QED) is 0.657. The largest absolute Gasteiger partial charge is 0.330 e. The van der Waals surface area contributed by atoms with Crippen molar-refractivity contribution in [3.05, 3.63) is 17.5 Å². The summed E-state index contributed by atoms with van der Waals surface area (Å²) in [7, 11) is 1.76. The lowest BCUT2D eigenvalue weighted by atomic mass is 10.1. The van der Waals surface area contributed by atoms with E-state index >= 15 is 0 Å². The number of nitrogens with two attached hydrogens (primary N) is 1. The van der Waals surface area contributed by atoms with E-state index in [9.17, 15) is 4.79 Å². The number of aromatic nitrogens is 2. The molecule has 1 aromatic heterocycles. The average molecular weight is 167 g/mol. The molecule has 0 atom stereocenters. The van der Waals surface area contributed by atoms with E-state index in [0.717, 1.165) is 5.56 Å². The zero-order chi connectivity index (χ0) is 9.14. The summed E-state index contributed by atoms with van der Waals surface area (Å²) in [4.78, 5) is 11.4. The molecular weight excluding hydrogens is 154 g/mol. The second kappa shape index (κ2) is 3.49. The van der Waals surface area contributed by atoms with Gasteiger partial charge in [0.05, 0.1) is 6.20 Å². The van der Waals surface area contributed by atoms with Gasteiger partial charge in [0, 0.05) is 13.5 Å². The van der Waals surface area contributed by atoms with Gasteiger partial charge in [-0.15, -0.1) is 0 Å². The zero-order valence-corrected chi connectivity index (χ0v) is 7.37. The molecule has 0 saturated carbocycles. The van der Waals surface area contributed by atoms with Crippen molar-refractivity contribution in [1.29, 1.82) is 0 Å². The van der Waals surface area contributed by atoms with Gasteiger partial charge in [-0.05, 0) is 19.0 Å². The van der Waals surface area contributed by atoms with Gasteiger partial charge in [-0.2, -0.15) is 5.10 Å². The van der Waals surface area contributed by atoms with Gasteiger partial charge in [-0.3, -0.25) is 9.48 Å². The Balaban J connectivity index is 2.93. The summed E-state index contributed by atoms with van der Waals surface area (Å²) in [6.45, 7) is 2.26. The highest BCUT2D eigenvalue weighted by atomic mass is 16.1. The zero-order valence-electron chi connectivity index (χ0n) is 7.37. The molecule has 0 spiro atoms. The Morgan fingerprint density at radius 2 is 2.42 bits per heavy atom. The molecule has 12 heavy (non-hydrogen) atoms. The maximum absolute atomic E-state index is 11.4. The molecule has 2 N–H and O–H groups in total. The fourth-order valence-electron chi connectivity index (χ4n) is 1.20. The van der Waals surface area contributed by atoms with Crippen LogP contribution in [0.5, 0.6) is 0 Å². The summed E-state index contributed by atoms with van der Waals surface area (Å²) in [5.41, 5.74) is 6.87. The lowest BCUT2D eigenvalue weighted by Gasteiger charge is -2.00. The molecule has 1 rings (SSSR count). The van der Waals surface area contributed by atoms with Gasteiger partial charge in [0.15, 0.2) is 5.78 Å². The summed E-state index contributed by atoms with van der Waals surface area (Å²) >= 11 is 0. The van der Waals surface area contributed by atoms with Crippen molar-refractivity contribution in [3.8, 4) is 0 Å². The Kier molecular flexibility index (Phi) is 2.60. The van der Waals surface area contributed by atoms with Crippen LogP contribution < -0.4 is 5.73 Å². The van der Waals surface area contributed by atoms with Gasteiger partial charge in [0.1, 0.15) is 5.69 Å². The molecule has 0 unspecified atom stereocenters. The summed E-state index contributed by atoms with van der Waals surface area (Å²) < 4.78 is 1.59. The van der Waals surface area contributed by atoms with Crippen LogP contribution in [0.3, 0.4) is 0 Å². The maximum Gasteiger partial charge on any atom is 0.182 e. The van der Waals surface area contributed by atoms with Crippen LogP contribution in [0, 0.1) is 6.92 Å². The van der Waals surface area contributed by atoms with Crippen LogP contribution in [-0.4, -0.2) is 22.1 Å². The van der Waals surface area contributed by atoms with Gasteiger partial charge >= 0.3 is 0 Å². The number of nitrogens with zero attached hydrogens (tertiary/aromatic N) is 2. The van der Waals surface area contributed by atoms with Crippen molar-refractivity contribution < 1.29 is 4.79 Å². The fraction of sp³-hybridized carbons (Fsp3) is 0.500. The summed E-state index contributed by atoms with van der Waals surface area (Å²) in [6, 6.07) is 0. The third kappa shape index (κ3) is 1.53. The van der Waals surface area contributed by atoms with Crippen molar-refractivity contribution in [2.24, 2.45) is 12.8 Å². The van der Waals surface area contributed by atoms with Gasteiger partial charge < -0.3 is 5.73 Å². The maximum atomic E-state index is 11.4. The molecule has 0 saturated heterocycles. The van der Waals surface area contributed by atoms with Crippen molar-refractivity contribution in [2.45, 2.75) is 13.3 Å². The Bertz CT molecular complexity index is 271. The SMILES string of the molecule is Cc1cnn(C)c1C(=O)CCN. The molecule has 0 aliphatic carbocycles. The normalized spacial score (nSPS) is 10.2. The van der Waals surface area contributed by atoms with E-state index in [0.29, 0.717) is 18.7 Å². The van der Waals surface area contributed by atoms with E-state index in [1.807, 2.05) is 6.92 Å². The Hall–Kier alpha value is -1.16. The van der Waals surface area contributed by atoms with E-state index in [1.165, 1.54) is 0 Å². The van der Waals surface area contributed by atoms with E-state index in [2.05, 4.69) is 5.10 Å². The van der Waals surface area contributed by atoms with Crippen LogP contribution in [-0.2, 0) is 7.05 Å². The molecule has 4 heteroatoms. The van der Waals surface area contributed by atoms with Gasteiger partial charge in [0.2, 0.25) is 0 Å². The van der Waals surface area contributed by atoms with Gasteiger partial charge in [-0.1, -0.05) is 0 Å². The molecule has 66 valence electrons. The number of Topliss-reactive ketones (excluding diaryl/α,β-unsaturated/α-hetero) is 1. The molecule has 0 aliphatic rings. The summed E-state index contributed by atoms with van der Waals surface area (Å²) in [5, 5.41) is 3.97. The molecule has 1 heterocycles. The standard InChI is InChI=1S/C8H13N3O/c1-6-5-10-11(2)8(6)7(12)3-4-9/h5H,3-4,9H2,1-2H3. The monoisotopic (exact) mass is 167 g/mol. The number of hydrogen-bond donors (Lipinski definition) is 1. The molecule has 0 fully saturated rings. The van der Waals surface area contributed by atoms with E-state index in [-0.39, 0.29) is 5.78 Å². The lowest BCUT2D eigenvalue weighted by molar-refractivity contribution is 0.0976. The first kappa shape index (κ1) is 8.93. The third-order valence-corrected chi connectivity index (χ3v) is 1.76. The van der Waals surface area contributed by atoms with Crippen LogP contribution >= 0.6 is 0 Å². The van der Waals surface area contributed by atoms with Gasteiger partial charge in [-0.25, -0.2) is 0 Å². The first-order valence-corrected chi connectivity index (χ1v) is 3.88. The molecule has 1 aromatic rings. The fourth-order valence-corrected chi connectivity index (χ4v) is 1.20. The average Bonchev–Trinajstić information content (AvgIpc) is 2.32. The Labute approximate surface area is 71.4 Å². The Morgan fingerprint density at radius 3 is 2.83 bits per heavy atom. The van der Waals surface area contributed by atoms with Crippen molar-refractivity contribution in [1.82, 2.24) is 9.78 Å². The molecule has 0 amide bonds. The molecule has 0 bridgehead atoms. The van der Waals surface area contributed by atoms with Crippen molar-refractivity contribution >= 4 is 5.78 Å². The number of ketones is 1. The van der Waals surface area contributed by atoms with Crippen LogP contribution in [0.4, 0.5) is 0 Å². The number of carbonyl (C=O) groups excluding carboxylic acids is 1. The number of aryl methyl sites for hydroxylation is 2.